The molecule has 0 aliphatic heterocycles. The third kappa shape index (κ3) is 1.82. The quantitative estimate of drug-likeness (QED) is 0.594. The lowest BCUT2D eigenvalue weighted by Crippen LogP contribution is -1.85. The predicted molar refractivity (Wildman–Crippen MR) is 75.7 cm³/mol. The molecular formula is C17H16O. The monoisotopic (exact) mass is 236 g/mol. The van der Waals surface area contributed by atoms with Crippen LogP contribution in [0.4, 0.5) is 0 Å². The zero-order valence-electron chi connectivity index (χ0n) is 10.7. The Balaban J connectivity index is 2.16. The lowest BCUT2D eigenvalue weighted by atomic mass is 9.99. The van der Waals surface area contributed by atoms with Crippen molar-refractivity contribution in [2.45, 2.75) is 19.8 Å². The Bertz CT molecular complexity index is 662. The Morgan fingerprint density at radius 2 is 1.72 bits per heavy atom. The number of benzene rings is 2. The molecule has 1 aromatic heterocycles. The van der Waals surface area contributed by atoms with E-state index in [4.69, 9.17) is 4.42 Å². The van der Waals surface area contributed by atoms with E-state index < -0.39 is 0 Å². The van der Waals surface area contributed by atoms with Gasteiger partial charge in [-0.2, -0.15) is 0 Å². The van der Waals surface area contributed by atoms with Gasteiger partial charge in [-0.05, 0) is 23.1 Å². The van der Waals surface area contributed by atoms with E-state index >= 15 is 0 Å². The molecular weight excluding hydrogens is 220 g/mol. The van der Waals surface area contributed by atoms with Gasteiger partial charge in [0.15, 0.2) is 0 Å². The molecule has 0 fully saturated rings. The molecule has 0 bridgehead atoms. The van der Waals surface area contributed by atoms with Gasteiger partial charge in [-0.3, -0.25) is 0 Å². The lowest BCUT2D eigenvalue weighted by molar-refractivity contribution is 0.616. The standard InChI is InChI=1S/C17H16O/c1-12(2)14-8-9-15-16(11-18-17(15)10-14)13-6-4-3-5-7-13/h3-12H,1-2H3. The summed E-state index contributed by atoms with van der Waals surface area (Å²) in [6.45, 7) is 4.39. The van der Waals surface area contributed by atoms with Gasteiger partial charge in [0.05, 0.1) is 6.26 Å². The zero-order chi connectivity index (χ0) is 12.5. The maximum Gasteiger partial charge on any atom is 0.134 e. The van der Waals surface area contributed by atoms with Gasteiger partial charge in [-0.1, -0.05) is 56.3 Å². The van der Waals surface area contributed by atoms with Crippen LogP contribution in [0, 0.1) is 0 Å². The van der Waals surface area contributed by atoms with Crippen LogP contribution in [-0.2, 0) is 0 Å². The molecule has 1 heteroatoms. The molecule has 0 unspecified atom stereocenters. The maximum atomic E-state index is 5.69. The van der Waals surface area contributed by atoms with Crippen molar-refractivity contribution in [2.24, 2.45) is 0 Å². The van der Waals surface area contributed by atoms with E-state index in [9.17, 15) is 0 Å². The molecule has 1 nitrogen and oxygen atoms in total. The number of hydrogen-bond donors (Lipinski definition) is 0. The molecule has 0 saturated carbocycles. The highest BCUT2D eigenvalue weighted by molar-refractivity contribution is 5.94. The molecule has 0 spiro atoms. The summed E-state index contributed by atoms with van der Waals surface area (Å²) in [5, 5.41) is 1.19. The molecule has 0 N–H and O–H groups in total. The molecule has 0 radical (unpaired) electrons. The molecule has 0 amide bonds. The average molecular weight is 236 g/mol. The van der Waals surface area contributed by atoms with Gasteiger partial charge in [-0.25, -0.2) is 0 Å². The Morgan fingerprint density at radius 1 is 0.944 bits per heavy atom. The first-order valence-electron chi connectivity index (χ1n) is 6.32. The Kier molecular flexibility index (Phi) is 2.67. The van der Waals surface area contributed by atoms with Crippen LogP contribution in [0.15, 0.2) is 59.2 Å². The summed E-state index contributed by atoms with van der Waals surface area (Å²) in [5.74, 6) is 0.527. The van der Waals surface area contributed by atoms with Crippen LogP contribution in [0.25, 0.3) is 22.1 Å². The third-order valence-corrected chi connectivity index (χ3v) is 3.35. The van der Waals surface area contributed by atoms with Crippen LogP contribution in [0.2, 0.25) is 0 Å². The van der Waals surface area contributed by atoms with Crippen molar-refractivity contribution in [1.82, 2.24) is 0 Å². The summed E-state index contributed by atoms with van der Waals surface area (Å²) in [6, 6.07) is 16.9. The van der Waals surface area contributed by atoms with E-state index in [2.05, 4.69) is 56.3 Å². The van der Waals surface area contributed by atoms with Crippen LogP contribution >= 0.6 is 0 Å². The number of rotatable bonds is 2. The minimum atomic E-state index is 0.527. The van der Waals surface area contributed by atoms with Crippen molar-refractivity contribution in [3.05, 3.63) is 60.4 Å². The molecule has 18 heavy (non-hydrogen) atoms. The second-order valence-corrected chi connectivity index (χ2v) is 4.93. The maximum absolute atomic E-state index is 5.69. The lowest BCUT2D eigenvalue weighted by Gasteiger charge is -2.04. The molecule has 1 heterocycles. The normalized spacial score (nSPS) is 11.3. The molecule has 0 saturated heterocycles. The van der Waals surface area contributed by atoms with Crippen LogP contribution in [0.1, 0.15) is 25.3 Å². The second-order valence-electron chi connectivity index (χ2n) is 4.93. The van der Waals surface area contributed by atoms with E-state index in [1.807, 2.05) is 12.3 Å². The average Bonchev–Trinajstić information content (AvgIpc) is 2.82. The highest BCUT2D eigenvalue weighted by Gasteiger charge is 2.09. The van der Waals surface area contributed by atoms with E-state index in [0.29, 0.717) is 5.92 Å². The number of furan rings is 1. The highest BCUT2D eigenvalue weighted by atomic mass is 16.3. The van der Waals surface area contributed by atoms with Crippen molar-refractivity contribution >= 4 is 11.0 Å². The molecule has 2 aromatic carbocycles. The van der Waals surface area contributed by atoms with Crippen molar-refractivity contribution in [3.8, 4) is 11.1 Å². The van der Waals surface area contributed by atoms with E-state index in [1.54, 1.807) is 0 Å². The number of fused-ring (bicyclic) bond motifs is 1. The van der Waals surface area contributed by atoms with Gasteiger partial charge in [0.1, 0.15) is 5.58 Å². The molecule has 3 aromatic rings. The first-order valence-corrected chi connectivity index (χ1v) is 6.32. The SMILES string of the molecule is CC(C)c1ccc2c(-c3ccccc3)coc2c1. The molecule has 3 rings (SSSR count). The van der Waals surface area contributed by atoms with Gasteiger partial charge >= 0.3 is 0 Å². The smallest absolute Gasteiger partial charge is 0.134 e. The first kappa shape index (κ1) is 11.1. The fraction of sp³-hybridized carbons (Fsp3) is 0.176. The van der Waals surface area contributed by atoms with Gasteiger partial charge in [0.25, 0.3) is 0 Å². The van der Waals surface area contributed by atoms with Crippen LogP contribution in [-0.4, -0.2) is 0 Å². The molecule has 90 valence electrons. The Morgan fingerprint density at radius 3 is 2.44 bits per heavy atom. The van der Waals surface area contributed by atoms with Gasteiger partial charge in [-0.15, -0.1) is 0 Å². The zero-order valence-corrected chi connectivity index (χ0v) is 10.7. The van der Waals surface area contributed by atoms with Crippen molar-refractivity contribution in [2.75, 3.05) is 0 Å². The third-order valence-electron chi connectivity index (χ3n) is 3.35. The summed E-state index contributed by atoms with van der Waals surface area (Å²) >= 11 is 0. The van der Waals surface area contributed by atoms with E-state index in [-0.39, 0.29) is 0 Å². The van der Waals surface area contributed by atoms with Crippen LogP contribution in [0.5, 0.6) is 0 Å². The Labute approximate surface area is 107 Å². The van der Waals surface area contributed by atoms with Gasteiger partial charge in [0, 0.05) is 10.9 Å². The molecule has 0 atom stereocenters. The first-order chi connectivity index (χ1) is 8.75. The van der Waals surface area contributed by atoms with Crippen molar-refractivity contribution < 1.29 is 4.42 Å². The summed E-state index contributed by atoms with van der Waals surface area (Å²) < 4.78 is 5.69. The van der Waals surface area contributed by atoms with Crippen LogP contribution < -0.4 is 0 Å². The predicted octanol–water partition coefficient (Wildman–Crippen LogP) is 5.22. The summed E-state index contributed by atoms with van der Waals surface area (Å²) in [4.78, 5) is 0. The fourth-order valence-electron chi connectivity index (χ4n) is 2.25. The number of hydrogen-bond acceptors (Lipinski definition) is 1. The second kappa shape index (κ2) is 4.34. The van der Waals surface area contributed by atoms with Gasteiger partial charge < -0.3 is 4.42 Å². The molecule has 0 aliphatic carbocycles. The highest BCUT2D eigenvalue weighted by Crippen LogP contribution is 2.32. The van der Waals surface area contributed by atoms with E-state index in [0.717, 1.165) is 5.58 Å². The van der Waals surface area contributed by atoms with Gasteiger partial charge in [0.2, 0.25) is 0 Å². The van der Waals surface area contributed by atoms with Crippen molar-refractivity contribution in [3.63, 3.8) is 0 Å². The summed E-state index contributed by atoms with van der Waals surface area (Å²) in [6.07, 6.45) is 1.85. The fourth-order valence-corrected chi connectivity index (χ4v) is 2.25. The Hall–Kier alpha value is -2.02. The summed E-state index contributed by atoms with van der Waals surface area (Å²) in [7, 11) is 0. The summed E-state index contributed by atoms with van der Waals surface area (Å²) in [5.41, 5.74) is 4.66. The largest absolute Gasteiger partial charge is 0.464 e. The van der Waals surface area contributed by atoms with Crippen molar-refractivity contribution in [1.29, 1.82) is 0 Å². The van der Waals surface area contributed by atoms with E-state index in [1.165, 1.54) is 22.1 Å². The minimum Gasteiger partial charge on any atom is -0.464 e. The minimum absolute atomic E-state index is 0.527. The molecule has 0 aliphatic rings. The topological polar surface area (TPSA) is 13.1 Å². The van der Waals surface area contributed by atoms with Crippen LogP contribution in [0.3, 0.4) is 0 Å².